The third-order valence-corrected chi connectivity index (χ3v) is 5.71. The van der Waals surface area contributed by atoms with Gasteiger partial charge < -0.3 is 10.5 Å². The van der Waals surface area contributed by atoms with Crippen LogP contribution < -0.4 is 5.73 Å². The van der Waals surface area contributed by atoms with E-state index in [-0.39, 0.29) is 6.10 Å². The summed E-state index contributed by atoms with van der Waals surface area (Å²) in [5.74, 6) is -0.470. The van der Waals surface area contributed by atoms with Crippen molar-refractivity contribution in [1.29, 1.82) is 0 Å². The van der Waals surface area contributed by atoms with E-state index in [1.165, 1.54) is 6.26 Å². The Morgan fingerprint density at radius 2 is 2.05 bits per heavy atom. The summed E-state index contributed by atoms with van der Waals surface area (Å²) < 4.78 is 29.4. The normalized spacial score (nSPS) is 22.8. The molecule has 1 fully saturated rings. The zero-order valence-electron chi connectivity index (χ0n) is 11.7. The fourth-order valence-electron chi connectivity index (χ4n) is 2.55. The summed E-state index contributed by atoms with van der Waals surface area (Å²) in [5.41, 5.74) is 6.52. The van der Waals surface area contributed by atoms with Crippen molar-refractivity contribution in [1.82, 2.24) is 0 Å². The molecule has 0 heterocycles. The number of rotatable bonds is 3. The fraction of sp³-hybridized carbons (Fsp3) is 0.500. The number of hydrogen-bond acceptors (Lipinski definition) is 5. The first-order chi connectivity index (χ1) is 9.75. The van der Waals surface area contributed by atoms with Gasteiger partial charge in [0.25, 0.3) is 0 Å². The van der Waals surface area contributed by atoms with Gasteiger partial charge in [-0.15, -0.1) is 0 Å². The highest BCUT2D eigenvalue weighted by molar-refractivity contribution is 9.10. The van der Waals surface area contributed by atoms with E-state index in [9.17, 15) is 13.2 Å². The van der Waals surface area contributed by atoms with E-state index in [2.05, 4.69) is 15.9 Å². The Bertz CT molecular complexity index is 624. The SMILES string of the molecule is CS(=O)(=O)C1CCCC(OC(=O)c2cc(N)cc(Br)c2)C1. The van der Waals surface area contributed by atoms with Crippen LogP contribution in [-0.2, 0) is 14.6 Å². The zero-order chi connectivity index (χ0) is 15.6. The van der Waals surface area contributed by atoms with Crippen LogP contribution in [0.1, 0.15) is 36.0 Å². The topological polar surface area (TPSA) is 86.5 Å². The number of nitrogen functional groups attached to an aromatic ring is 1. The van der Waals surface area contributed by atoms with E-state index in [1.807, 2.05) is 0 Å². The first-order valence-corrected chi connectivity index (χ1v) is 9.46. The Hall–Kier alpha value is -1.08. The highest BCUT2D eigenvalue weighted by Gasteiger charge is 2.31. The lowest BCUT2D eigenvalue weighted by molar-refractivity contribution is 0.0215. The van der Waals surface area contributed by atoms with Crippen molar-refractivity contribution in [2.24, 2.45) is 0 Å². The molecule has 2 atom stereocenters. The van der Waals surface area contributed by atoms with E-state index in [4.69, 9.17) is 10.5 Å². The Morgan fingerprint density at radius 1 is 1.33 bits per heavy atom. The molecular formula is C14H18BrNO4S. The molecule has 0 bridgehead atoms. The lowest BCUT2D eigenvalue weighted by Crippen LogP contribution is -2.32. The second kappa shape index (κ2) is 6.36. The number of sulfone groups is 1. The fourth-order valence-corrected chi connectivity index (χ4v) is 4.22. The molecule has 0 spiro atoms. The summed E-state index contributed by atoms with van der Waals surface area (Å²) >= 11 is 3.28. The molecule has 0 amide bonds. The molecule has 1 aromatic carbocycles. The molecule has 116 valence electrons. The molecule has 2 N–H and O–H groups in total. The van der Waals surface area contributed by atoms with Crippen molar-refractivity contribution in [2.75, 3.05) is 12.0 Å². The van der Waals surface area contributed by atoms with Gasteiger partial charge in [0, 0.05) is 22.8 Å². The number of hydrogen-bond donors (Lipinski definition) is 1. The van der Waals surface area contributed by atoms with Crippen LogP contribution in [0.5, 0.6) is 0 Å². The van der Waals surface area contributed by atoms with Gasteiger partial charge in [0.2, 0.25) is 0 Å². The van der Waals surface area contributed by atoms with Gasteiger partial charge in [-0.25, -0.2) is 13.2 Å². The predicted molar refractivity (Wildman–Crippen MR) is 84.9 cm³/mol. The Morgan fingerprint density at radius 3 is 2.67 bits per heavy atom. The molecular weight excluding hydrogens is 358 g/mol. The molecule has 0 radical (unpaired) electrons. The molecule has 2 rings (SSSR count). The molecule has 7 heteroatoms. The lowest BCUT2D eigenvalue weighted by atomic mass is 9.97. The summed E-state index contributed by atoms with van der Waals surface area (Å²) in [4.78, 5) is 12.1. The molecule has 0 aromatic heterocycles. The van der Waals surface area contributed by atoms with Crippen molar-refractivity contribution in [3.05, 3.63) is 28.2 Å². The van der Waals surface area contributed by atoms with Crippen molar-refractivity contribution in [3.8, 4) is 0 Å². The third-order valence-electron chi connectivity index (χ3n) is 3.61. The monoisotopic (exact) mass is 375 g/mol. The molecule has 1 saturated carbocycles. The van der Waals surface area contributed by atoms with Gasteiger partial charge in [-0.3, -0.25) is 0 Å². The summed E-state index contributed by atoms with van der Waals surface area (Å²) in [5, 5.41) is -0.420. The summed E-state index contributed by atoms with van der Waals surface area (Å²) in [6.07, 6.45) is 3.32. The standard InChI is InChI=1S/C14H18BrNO4S/c1-21(18,19)13-4-2-3-12(8-13)20-14(17)9-5-10(15)7-11(16)6-9/h5-7,12-13H,2-4,8,16H2,1H3. The molecule has 0 aliphatic heterocycles. The van der Waals surface area contributed by atoms with E-state index in [1.54, 1.807) is 18.2 Å². The maximum Gasteiger partial charge on any atom is 0.338 e. The minimum Gasteiger partial charge on any atom is -0.459 e. The number of esters is 1. The number of carbonyl (C=O) groups excluding carboxylic acids is 1. The maximum absolute atomic E-state index is 12.1. The molecule has 5 nitrogen and oxygen atoms in total. The van der Waals surface area contributed by atoms with Crippen molar-refractivity contribution in [2.45, 2.75) is 37.0 Å². The van der Waals surface area contributed by atoms with E-state index in [0.29, 0.717) is 35.0 Å². The summed E-state index contributed by atoms with van der Waals surface area (Å²) in [7, 11) is -3.09. The van der Waals surface area contributed by atoms with Crippen LogP contribution in [0, 0.1) is 0 Å². The van der Waals surface area contributed by atoms with Gasteiger partial charge in [0.15, 0.2) is 0 Å². The van der Waals surface area contributed by atoms with Crippen LogP contribution in [0.4, 0.5) is 5.69 Å². The molecule has 1 aliphatic carbocycles. The number of halogens is 1. The van der Waals surface area contributed by atoms with Gasteiger partial charge in [-0.2, -0.15) is 0 Å². The van der Waals surface area contributed by atoms with E-state index in [0.717, 1.165) is 6.42 Å². The number of carbonyl (C=O) groups is 1. The Balaban J connectivity index is 2.05. The zero-order valence-corrected chi connectivity index (χ0v) is 14.1. The average Bonchev–Trinajstić information content (AvgIpc) is 2.37. The van der Waals surface area contributed by atoms with Crippen LogP contribution in [0.15, 0.2) is 22.7 Å². The highest BCUT2D eigenvalue weighted by Crippen LogP contribution is 2.27. The first kappa shape index (κ1) is 16.3. The highest BCUT2D eigenvalue weighted by atomic mass is 79.9. The molecule has 21 heavy (non-hydrogen) atoms. The van der Waals surface area contributed by atoms with E-state index >= 15 is 0 Å². The average molecular weight is 376 g/mol. The van der Waals surface area contributed by atoms with Crippen LogP contribution in [0.2, 0.25) is 0 Å². The Kier molecular flexibility index (Phi) is 4.93. The third kappa shape index (κ3) is 4.44. The van der Waals surface area contributed by atoms with Crippen LogP contribution >= 0.6 is 15.9 Å². The number of nitrogens with two attached hydrogens (primary N) is 1. The number of anilines is 1. The Labute approximate surface area is 132 Å². The van der Waals surface area contributed by atoms with E-state index < -0.39 is 21.1 Å². The van der Waals surface area contributed by atoms with Crippen LogP contribution in [0.25, 0.3) is 0 Å². The van der Waals surface area contributed by atoms with Crippen LogP contribution in [-0.4, -0.2) is 32.0 Å². The largest absolute Gasteiger partial charge is 0.459 e. The lowest BCUT2D eigenvalue weighted by Gasteiger charge is -2.27. The smallest absolute Gasteiger partial charge is 0.338 e. The van der Waals surface area contributed by atoms with Gasteiger partial charge in [0.05, 0.1) is 10.8 Å². The number of benzene rings is 1. The minimum absolute atomic E-state index is 0.355. The maximum atomic E-state index is 12.1. The predicted octanol–water partition coefficient (Wildman–Crippen LogP) is 2.54. The molecule has 1 aliphatic rings. The van der Waals surface area contributed by atoms with Crippen molar-refractivity contribution in [3.63, 3.8) is 0 Å². The minimum atomic E-state index is -3.09. The molecule has 1 aromatic rings. The number of ether oxygens (including phenoxy) is 1. The van der Waals surface area contributed by atoms with Crippen molar-refractivity contribution >= 4 is 37.4 Å². The first-order valence-electron chi connectivity index (χ1n) is 6.71. The van der Waals surface area contributed by atoms with Crippen molar-refractivity contribution < 1.29 is 17.9 Å². The van der Waals surface area contributed by atoms with Gasteiger partial charge in [0.1, 0.15) is 15.9 Å². The molecule has 0 saturated heterocycles. The molecule has 2 unspecified atom stereocenters. The van der Waals surface area contributed by atoms with Gasteiger partial charge >= 0.3 is 5.97 Å². The van der Waals surface area contributed by atoms with Gasteiger partial charge in [-0.05, 0) is 37.5 Å². The summed E-state index contributed by atoms with van der Waals surface area (Å²) in [6.45, 7) is 0. The summed E-state index contributed by atoms with van der Waals surface area (Å²) in [6, 6.07) is 4.87. The second-order valence-electron chi connectivity index (χ2n) is 5.42. The van der Waals surface area contributed by atoms with Crippen LogP contribution in [0.3, 0.4) is 0 Å². The quantitative estimate of drug-likeness (QED) is 0.647. The van der Waals surface area contributed by atoms with Gasteiger partial charge in [-0.1, -0.05) is 15.9 Å². The second-order valence-corrected chi connectivity index (χ2v) is 8.66.